The molecule has 0 aliphatic heterocycles. The van der Waals surface area contributed by atoms with Crippen LogP contribution in [0.1, 0.15) is 37.8 Å². The molecular weight excluding hydrogens is 351 g/mol. The first-order chi connectivity index (χ1) is 12.9. The van der Waals surface area contributed by atoms with Crippen LogP contribution in [0.15, 0.2) is 59.6 Å². The first-order valence-electron chi connectivity index (χ1n) is 9.21. The number of hydrogen-bond donors (Lipinski definition) is 1. The average molecular weight is 377 g/mol. The number of alkyl halides is 3. The maximum atomic E-state index is 12.9. The fourth-order valence-corrected chi connectivity index (χ4v) is 2.74. The minimum atomic E-state index is -4.35. The molecule has 0 bridgehead atoms. The van der Waals surface area contributed by atoms with E-state index in [9.17, 15) is 13.2 Å². The second-order valence-corrected chi connectivity index (χ2v) is 6.32. The number of benzene rings is 2. The highest BCUT2D eigenvalue weighted by molar-refractivity contribution is 5.93. The number of rotatable bonds is 7. The topological polar surface area (TPSA) is 27.6 Å². The molecule has 1 N–H and O–H groups in total. The fourth-order valence-electron chi connectivity index (χ4n) is 2.74. The van der Waals surface area contributed by atoms with Gasteiger partial charge in [0.1, 0.15) is 0 Å². The van der Waals surface area contributed by atoms with Gasteiger partial charge in [-0.3, -0.25) is 0 Å². The van der Waals surface area contributed by atoms with Crippen LogP contribution in [0.4, 0.5) is 18.9 Å². The second-order valence-electron chi connectivity index (χ2n) is 6.32. The Kier molecular flexibility index (Phi) is 7.70. The minimum absolute atomic E-state index is 0.184. The van der Waals surface area contributed by atoms with E-state index in [1.807, 2.05) is 30.3 Å². The lowest BCUT2D eigenvalue weighted by atomic mass is 10.1. The second kappa shape index (κ2) is 10.00. The molecule has 2 aromatic rings. The summed E-state index contributed by atoms with van der Waals surface area (Å²) in [5.74, 6) is 0.683. The Bertz CT molecular complexity index is 721. The number of para-hydroxylation sites is 1. The number of aliphatic imine (C=N–C) groups is 1. The maximum absolute atomic E-state index is 12.9. The summed E-state index contributed by atoms with van der Waals surface area (Å²) in [6.07, 6.45) is -2.43. The fraction of sp³-hybridized carbons (Fsp3) is 0.381. The molecule has 6 heteroatoms. The molecular formula is C21H26F3N3. The van der Waals surface area contributed by atoms with Crippen LogP contribution in [0.25, 0.3) is 0 Å². The Labute approximate surface area is 158 Å². The third-order valence-corrected chi connectivity index (χ3v) is 3.98. The maximum Gasteiger partial charge on any atom is 0.416 e. The molecule has 0 aliphatic rings. The molecule has 27 heavy (non-hydrogen) atoms. The van der Waals surface area contributed by atoms with Crippen LogP contribution in [0, 0.1) is 0 Å². The van der Waals surface area contributed by atoms with Gasteiger partial charge < -0.3 is 10.2 Å². The van der Waals surface area contributed by atoms with Gasteiger partial charge in [-0.25, -0.2) is 4.99 Å². The quantitative estimate of drug-likeness (QED) is 0.488. The summed E-state index contributed by atoms with van der Waals surface area (Å²) in [4.78, 5) is 6.75. The Morgan fingerprint density at radius 1 is 0.963 bits per heavy atom. The molecule has 0 aliphatic carbocycles. The van der Waals surface area contributed by atoms with E-state index in [0.29, 0.717) is 11.5 Å². The number of halogens is 3. The van der Waals surface area contributed by atoms with E-state index < -0.39 is 11.7 Å². The van der Waals surface area contributed by atoms with E-state index in [-0.39, 0.29) is 6.54 Å². The lowest BCUT2D eigenvalue weighted by Crippen LogP contribution is -2.37. The molecule has 0 saturated heterocycles. The molecule has 0 heterocycles. The van der Waals surface area contributed by atoms with Crippen molar-refractivity contribution < 1.29 is 13.2 Å². The normalized spacial score (nSPS) is 12.1. The Balaban J connectivity index is 2.26. The van der Waals surface area contributed by atoms with Crippen molar-refractivity contribution in [3.63, 3.8) is 0 Å². The predicted octanol–water partition coefficient (Wildman–Crippen LogP) is 5.80. The molecule has 0 saturated carbocycles. The van der Waals surface area contributed by atoms with E-state index >= 15 is 0 Å². The Morgan fingerprint density at radius 2 is 1.63 bits per heavy atom. The summed E-state index contributed by atoms with van der Waals surface area (Å²) in [6, 6.07) is 15.0. The van der Waals surface area contributed by atoms with Crippen LogP contribution in [0.3, 0.4) is 0 Å². The van der Waals surface area contributed by atoms with Gasteiger partial charge in [0.15, 0.2) is 5.96 Å². The lowest BCUT2D eigenvalue weighted by Gasteiger charge is -2.26. The molecule has 0 fully saturated rings. The molecule has 0 atom stereocenters. The summed E-state index contributed by atoms with van der Waals surface area (Å²) < 4.78 is 38.8. The van der Waals surface area contributed by atoms with Crippen LogP contribution in [-0.4, -0.2) is 23.9 Å². The number of guanidine groups is 1. The van der Waals surface area contributed by atoms with E-state index in [4.69, 9.17) is 0 Å². The highest BCUT2D eigenvalue weighted by Crippen LogP contribution is 2.29. The molecule has 0 radical (unpaired) electrons. The van der Waals surface area contributed by atoms with Crippen LogP contribution >= 0.6 is 0 Å². The smallest absolute Gasteiger partial charge is 0.343 e. The van der Waals surface area contributed by atoms with Crippen LogP contribution in [0.5, 0.6) is 0 Å². The summed E-state index contributed by atoms with van der Waals surface area (Å²) in [6.45, 7) is 6.03. The van der Waals surface area contributed by atoms with Crippen molar-refractivity contribution in [2.45, 2.75) is 39.4 Å². The molecule has 2 rings (SSSR count). The number of anilines is 1. The lowest BCUT2D eigenvalue weighted by molar-refractivity contribution is -0.137. The van der Waals surface area contributed by atoms with Gasteiger partial charge in [-0.15, -0.1) is 0 Å². The van der Waals surface area contributed by atoms with Gasteiger partial charge in [0.25, 0.3) is 0 Å². The van der Waals surface area contributed by atoms with Gasteiger partial charge >= 0.3 is 6.18 Å². The number of hydrogen-bond acceptors (Lipinski definition) is 1. The monoisotopic (exact) mass is 377 g/mol. The van der Waals surface area contributed by atoms with E-state index in [1.165, 1.54) is 6.07 Å². The van der Waals surface area contributed by atoms with Gasteiger partial charge in [-0.2, -0.15) is 13.2 Å². The van der Waals surface area contributed by atoms with E-state index in [1.54, 1.807) is 6.07 Å². The predicted molar refractivity (Wildman–Crippen MR) is 105 cm³/mol. The first-order valence-corrected chi connectivity index (χ1v) is 9.21. The summed E-state index contributed by atoms with van der Waals surface area (Å²) >= 11 is 0. The average Bonchev–Trinajstić information content (AvgIpc) is 2.65. The van der Waals surface area contributed by atoms with Gasteiger partial charge in [-0.05, 0) is 42.7 Å². The van der Waals surface area contributed by atoms with Crippen molar-refractivity contribution in [3.8, 4) is 0 Å². The van der Waals surface area contributed by atoms with Gasteiger partial charge in [0, 0.05) is 18.8 Å². The van der Waals surface area contributed by atoms with Crippen molar-refractivity contribution >= 4 is 11.6 Å². The van der Waals surface area contributed by atoms with E-state index in [0.717, 1.165) is 43.8 Å². The number of nitrogens with zero attached hydrogens (tertiary/aromatic N) is 2. The molecule has 0 spiro atoms. The Hall–Kier alpha value is -2.50. The summed E-state index contributed by atoms with van der Waals surface area (Å²) in [5.41, 5.74) is 0.786. The number of nitrogens with one attached hydrogen (secondary N) is 1. The first kappa shape index (κ1) is 20.8. The van der Waals surface area contributed by atoms with Crippen molar-refractivity contribution in [1.29, 1.82) is 0 Å². The summed E-state index contributed by atoms with van der Waals surface area (Å²) in [7, 11) is 0. The zero-order valence-corrected chi connectivity index (χ0v) is 15.8. The Morgan fingerprint density at radius 3 is 2.22 bits per heavy atom. The molecule has 146 valence electrons. The largest absolute Gasteiger partial charge is 0.416 e. The molecule has 0 unspecified atom stereocenters. The SMILES string of the molecule is CCCN(CCC)C(=NCc1cccc(C(F)(F)F)c1)Nc1ccccc1. The van der Waals surface area contributed by atoms with Crippen molar-refractivity contribution in [1.82, 2.24) is 4.90 Å². The highest BCUT2D eigenvalue weighted by Gasteiger charge is 2.30. The molecule has 2 aromatic carbocycles. The van der Waals surface area contributed by atoms with Gasteiger partial charge in [0.2, 0.25) is 0 Å². The van der Waals surface area contributed by atoms with Crippen LogP contribution < -0.4 is 5.32 Å². The third-order valence-electron chi connectivity index (χ3n) is 3.98. The zero-order valence-electron chi connectivity index (χ0n) is 15.8. The van der Waals surface area contributed by atoms with Gasteiger partial charge in [0.05, 0.1) is 12.1 Å². The van der Waals surface area contributed by atoms with Crippen molar-refractivity contribution in [3.05, 3.63) is 65.7 Å². The van der Waals surface area contributed by atoms with E-state index in [2.05, 4.69) is 29.1 Å². The summed E-state index contributed by atoms with van der Waals surface area (Å²) in [5, 5.41) is 3.32. The van der Waals surface area contributed by atoms with Crippen LogP contribution in [0.2, 0.25) is 0 Å². The van der Waals surface area contributed by atoms with Gasteiger partial charge in [-0.1, -0.05) is 44.2 Å². The highest BCUT2D eigenvalue weighted by atomic mass is 19.4. The molecule has 3 nitrogen and oxygen atoms in total. The van der Waals surface area contributed by atoms with Crippen molar-refractivity contribution in [2.24, 2.45) is 4.99 Å². The minimum Gasteiger partial charge on any atom is -0.343 e. The molecule has 0 aromatic heterocycles. The van der Waals surface area contributed by atoms with Crippen molar-refractivity contribution in [2.75, 3.05) is 18.4 Å². The third kappa shape index (κ3) is 6.62. The van der Waals surface area contributed by atoms with Crippen LogP contribution in [-0.2, 0) is 12.7 Å². The molecule has 0 amide bonds. The standard InChI is InChI=1S/C21H26F3N3/c1-3-13-27(14-4-2)20(26-19-11-6-5-7-12-19)25-16-17-9-8-10-18(15-17)21(22,23)24/h5-12,15H,3-4,13-14,16H2,1-2H3,(H,25,26). The zero-order chi connectivity index (χ0) is 19.7.